The molecule has 0 fully saturated rings. The maximum Gasteiger partial charge on any atom is 0.354 e. The molecule has 2 aromatic rings. The van der Waals surface area contributed by atoms with Crippen LogP contribution in [0.1, 0.15) is 28.5 Å². The number of pyridine rings is 1. The Morgan fingerprint density at radius 2 is 2.05 bits per heavy atom. The van der Waals surface area contributed by atoms with Crippen LogP contribution in [0, 0.1) is 12.7 Å². The Labute approximate surface area is 116 Å². The van der Waals surface area contributed by atoms with Crippen LogP contribution in [0.15, 0.2) is 36.4 Å². The predicted octanol–water partition coefficient (Wildman–Crippen LogP) is 3.93. The number of aromatic nitrogens is 1. The van der Waals surface area contributed by atoms with Crippen molar-refractivity contribution >= 4 is 12.0 Å². The van der Waals surface area contributed by atoms with Gasteiger partial charge in [0.25, 0.3) is 0 Å². The van der Waals surface area contributed by atoms with Crippen LogP contribution in [0.5, 0.6) is 0 Å². The molecule has 0 saturated carbocycles. The van der Waals surface area contributed by atoms with E-state index in [0.29, 0.717) is 16.8 Å². The average molecular weight is 271 g/mol. The zero-order valence-electron chi connectivity index (χ0n) is 11.2. The molecule has 1 N–H and O–H groups in total. The van der Waals surface area contributed by atoms with Crippen molar-refractivity contribution in [3.8, 4) is 11.3 Å². The van der Waals surface area contributed by atoms with Gasteiger partial charge in [0.05, 0.1) is 5.69 Å². The molecule has 0 unspecified atom stereocenters. The third kappa shape index (κ3) is 2.74. The van der Waals surface area contributed by atoms with Gasteiger partial charge in [0, 0.05) is 5.56 Å². The molecule has 102 valence electrons. The monoisotopic (exact) mass is 271 g/mol. The summed E-state index contributed by atoms with van der Waals surface area (Å²) < 4.78 is 13.9. The minimum absolute atomic E-state index is 0.0571. The van der Waals surface area contributed by atoms with Crippen molar-refractivity contribution in [1.82, 2.24) is 4.98 Å². The summed E-state index contributed by atoms with van der Waals surface area (Å²) in [6.07, 6.45) is 3.69. The summed E-state index contributed by atoms with van der Waals surface area (Å²) in [4.78, 5) is 15.1. The van der Waals surface area contributed by atoms with Crippen LogP contribution in [0.25, 0.3) is 17.3 Å². The molecule has 0 atom stereocenters. The maximum atomic E-state index is 13.9. The number of carbonyl (C=O) groups is 1. The van der Waals surface area contributed by atoms with Gasteiger partial charge in [0.1, 0.15) is 5.82 Å². The van der Waals surface area contributed by atoms with Gasteiger partial charge in [-0.05, 0) is 43.2 Å². The van der Waals surface area contributed by atoms with Crippen LogP contribution in [0.2, 0.25) is 0 Å². The Bertz CT molecular complexity index is 693. The summed E-state index contributed by atoms with van der Waals surface area (Å²) in [7, 11) is 0. The highest BCUT2D eigenvalue weighted by Crippen LogP contribution is 2.24. The standard InChI is InChI=1S/C16H14FNO2/c1-3-4-11-6-7-13(17)12(9-11)14-8-5-10(2)15(18-14)16(19)20/h3-9H,1-2H3,(H,19,20)/b4-3+. The van der Waals surface area contributed by atoms with Crippen LogP contribution in [0.4, 0.5) is 4.39 Å². The van der Waals surface area contributed by atoms with Crippen LogP contribution < -0.4 is 0 Å². The van der Waals surface area contributed by atoms with E-state index in [0.717, 1.165) is 5.56 Å². The van der Waals surface area contributed by atoms with E-state index < -0.39 is 11.8 Å². The number of benzene rings is 1. The van der Waals surface area contributed by atoms with E-state index in [1.54, 1.807) is 31.2 Å². The van der Waals surface area contributed by atoms with Crippen molar-refractivity contribution < 1.29 is 14.3 Å². The van der Waals surface area contributed by atoms with Gasteiger partial charge in [-0.2, -0.15) is 0 Å². The number of halogens is 1. The second-order valence-electron chi connectivity index (χ2n) is 4.41. The summed E-state index contributed by atoms with van der Waals surface area (Å²) >= 11 is 0. The first-order valence-electron chi connectivity index (χ1n) is 6.16. The van der Waals surface area contributed by atoms with E-state index in [1.807, 2.05) is 19.1 Å². The van der Waals surface area contributed by atoms with Gasteiger partial charge in [-0.1, -0.05) is 24.3 Å². The summed E-state index contributed by atoms with van der Waals surface area (Å²) in [5.41, 5.74) is 1.94. The first kappa shape index (κ1) is 13.9. The fourth-order valence-electron chi connectivity index (χ4n) is 1.93. The second kappa shape index (κ2) is 5.65. The molecule has 0 aliphatic rings. The molecular weight excluding hydrogens is 257 g/mol. The average Bonchev–Trinajstić information content (AvgIpc) is 2.41. The smallest absolute Gasteiger partial charge is 0.354 e. The van der Waals surface area contributed by atoms with Crippen molar-refractivity contribution in [1.29, 1.82) is 0 Å². The number of carboxylic acids is 1. The summed E-state index contributed by atoms with van der Waals surface area (Å²) in [5.74, 6) is -1.54. The van der Waals surface area contributed by atoms with Crippen LogP contribution in [-0.2, 0) is 0 Å². The molecule has 4 heteroatoms. The van der Waals surface area contributed by atoms with Crippen LogP contribution >= 0.6 is 0 Å². The largest absolute Gasteiger partial charge is 0.477 e. The molecule has 1 aromatic carbocycles. The Morgan fingerprint density at radius 1 is 1.30 bits per heavy atom. The quantitative estimate of drug-likeness (QED) is 0.920. The third-order valence-electron chi connectivity index (χ3n) is 2.93. The first-order chi connectivity index (χ1) is 9.52. The number of nitrogens with zero attached hydrogens (tertiary/aromatic N) is 1. The molecule has 3 nitrogen and oxygen atoms in total. The summed E-state index contributed by atoms with van der Waals surface area (Å²) in [5, 5.41) is 9.08. The van der Waals surface area contributed by atoms with E-state index in [2.05, 4.69) is 4.98 Å². The number of rotatable bonds is 3. The van der Waals surface area contributed by atoms with Gasteiger partial charge >= 0.3 is 5.97 Å². The molecule has 0 aliphatic heterocycles. The lowest BCUT2D eigenvalue weighted by Crippen LogP contribution is -2.04. The molecule has 0 bridgehead atoms. The number of aryl methyl sites for hydroxylation is 1. The van der Waals surface area contributed by atoms with Crippen LogP contribution in [-0.4, -0.2) is 16.1 Å². The summed E-state index contributed by atoms with van der Waals surface area (Å²) in [6, 6.07) is 7.92. The molecule has 0 aliphatic carbocycles. The van der Waals surface area contributed by atoms with Gasteiger partial charge < -0.3 is 5.11 Å². The lowest BCUT2D eigenvalue weighted by Gasteiger charge is -2.07. The van der Waals surface area contributed by atoms with E-state index in [4.69, 9.17) is 5.11 Å². The number of aromatic carboxylic acids is 1. The zero-order chi connectivity index (χ0) is 14.7. The molecule has 20 heavy (non-hydrogen) atoms. The van der Waals surface area contributed by atoms with Gasteiger partial charge in [-0.15, -0.1) is 0 Å². The van der Waals surface area contributed by atoms with E-state index in [-0.39, 0.29) is 5.69 Å². The van der Waals surface area contributed by atoms with Crippen molar-refractivity contribution in [2.45, 2.75) is 13.8 Å². The Hall–Kier alpha value is -2.49. The molecular formula is C16H14FNO2. The highest BCUT2D eigenvalue weighted by Gasteiger charge is 2.13. The minimum atomic E-state index is -1.12. The number of hydrogen-bond donors (Lipinski definition) is 1. The number of allylic oxidation sites excluding steroid dienone is 1. The van der Waals surface area contributed by atoms with E-state index in [9.17, 15) is 9.18 Å². The molecule has 1 heterocycles. The van der Waals surface area contributed by atoms with Gasteiger partial charge in [-0.3, -0.25) is 0 Å². The van der Waals surface area contributed by atoms with Crippen molar-refractivity contribution in [2.75, 3.05) is 0 Å². The highest BCUT2D eigenvalue weighted by atomic mass is 19.1. The maximum absolute atomic E-state index is 13.9. The topological polar surface area (TPSA) is 50.2 Å². The molecule has 1 aromatic heterocycles. The van der Waals surface area contributed by atoms with E-state index >= 15 is 0 Å². The fraction of sp³-hybridized carbons (Fsp3) is 0.125. The second-order valence-corrected chi connectivity index (χ2v) is 4.41. The highest BCUT2D eigenvalue weighted by molar-refractivity contribution is 5.87. The lowest BCUT2D eigenvalue weighted by atomic mass is 10.0. The number of carboxylic acid groups (broad SMARTS) is 1. The number of hydrogen-bond acceptors (Lipinski definition) is 2. The van der Waals surface area contributed by atoms with Crippen molar-refractivity contribution in [3.63, 3.8) is 0 Å². The van der Waals surface area contributed by atoms with Gasteiger partial charge in [-0.25, -0.2) is 14.2 Å². The van der Waals surface area contributed by atoms with Crippen molar-refractivity contribution in [3.05, 3.63) is 59.0 Å². The molecule has 2 rings (SSSR count). The normalized spacial score (nSPS) is 10.9. The molecule has 0 saturated heterocycles. The Morgan fingerprint density at radius 3 is 2.70 bits per heavy atom. The molecule has 0 amide bonds. The molecule has 0 radical (unpaired) electrons. The third-order valence-corrected chi connectivity index (χ3v) is 2.93. The Balaban J connectivity index is 2.59. The lowest BCUT2D eigenvalue weighted by molar-refractivity contribution is 0.0690. The Kier molecular flexibility index (Phi) is 3.94. The first-order valence-corrected chi connectivity index (χ1v) is 6.16. The van der Waals surface area contributed by atoms with Crippen LogP contribution in [0.3, 0.4) is 0 Å². The predicted molar refractivity (Wildman–Crippen MR) is 76.0 cm³/mol. The fourth-order valence-corrected chi connectivity index (χ4v) is 1.93. The summed E-state index contributed by atoms with van der Waals surface area (Å²) in [6.45, 7) is 3.53. The van der Waals surface area contributed by atoms with Gasteiger partial charge in [0.15, 0.2) is 5.69 Å². The minimum Gasteiger partial charge on any atom is -0.477 e. The SMILES string of the molecule is C/C=C/c1ccc(F)c(-c2ccc(C)c(C(=O)O)n2)c1. The van der Waals surface area contributed by atoms with Crippen molar-refractivity contribution in [2.24, 2.45) is 0 Å². The van der Waals surface area contributed by atoms with E-state index in [1.165, 1.54) is 6.07 Å². The zero-order valence-corrected chi connectivity index (χ0v) is 11.2. The molecule has 0 spiro atoms. The van der Waals surface area contributed by atoms with Gasteiger partial charge in [0.2, 0.25) is 0 Å².